The minimum absolute atomic E-state index is 0.0832. The summed E-state index contributed by atoms with van der Waals surface area (Å²) >= 11 is 0. The van der Waals surface area contributed by atoms with Crippen LogP contribution in [0.25, 0.3) is 0 Å². The maximum Gasteiger partial charge on any atom is 0.196 e. The molecule has 0 atom stereocenters. The third-order valence-electron chi connectivity index (χ3n) is 3.75. The van der Waals surface area contributed by atoms with Gasteiger partial charge in [-0.2, -0.15) is 0 Å². The summed E-state index contributed by atoms with van der Waals surface area (Å²) in [6.07, 6.45) is 1.79. The van der Waals surface area contributed by atoms with Gasteiger partial charge in [-0.25, -0.2) is 4.39 Å². The first-order chi connectivity index (χ1) is 8.71. The SMILES string of the molecule is NC1=NCC2(CCOCC2)N1c1ccc(F)cc1. The van der Waals surface area contributed by atoms with Crippen molar-refractivity contribution >= 4 is 11.6 Å². The number of nitrogens with zero attached hydrogens (tertiary/aromatic N) is 2. The Hall–Kier alpha value is -1.62. The van der Waals surface area contributed by atoms with Gasteiger partial charge in [-0.1, -0.05) is 0 Å². The predicted molar refractivity (Wildman–Crippen MR) is 68.2 cm³/mol. The van der Waals surface area contributed by atoms with Crippen LogP contribution in [0.3, 0.4) is 0 Å². The van der Waals surface area contributed by atoms with Crippen LogP contribution >= 0.6 is 0 Å². The Morgan fingerprint density at radius 3 is 2.56 bits per heavy atom. The second-order valence-electron chi connectivity index (χ2n) is 4.82. The minimum atomic E-state index is -0.241. The first-order valence-electron chi connectivity index (χ1n) is 6.15. The Morgan fingerprint density at radius 2 is 1.89 bits per heavy atom. The summed E-state index contributed by atoms with van der Waals surface area (Å²) in [5.74, 6) is 0.276. The van der Waals surface area contributed by atoms with Crippen LogP contribution in [0.1, 0.15) is 12.8 Å². The van der Waals surface area contributed by atoms with Crippen LogP contribution in [0.4, 0.5) is 10.1 Å². The number of aliphatic imine (C=N–C) groups is 1. The number of rotatable bonds is 1. The van der Waals surface area contributed by atoms with Crippen LogP contribution in [0, 0.1) is 5.82 Å². The lowest BCUT2D eigenvalue weighted by atomic mass is 9.88. The van der Waals surface area contributed by atoms with Gasteiger partial charge >= 0.3 is 0 Å². The Morgan fingerprint density at radius 1 is 1.22 bits per heavy atom. The van der Waals surface area contributed by atoms with Gasteiger partial charge < -0.3 is 15.4 Å². The first-order valence-corrected chi connectivity index (χ1v) is 6.15. The van der Waals surface area contributed by atoms with E-state index in [4.69, 9.17) is 10.5 Å². The Labute approximate surface area is 105 Å². The highest BCUT2D eigenvalue weighted by Crippen LogP contribution is 2.36. The molecule has 2 aliphatic rings. The van der Waals surface area contributed by atoms with Crippen molar-refractivity contribution in [1.29, 1.82) is 0 Å². The van der Waals surface area contributed by atoms with Crippen LogP contribution in [-0.4, -0.2) is 31.3 Å². The summed E-state index contributed by atoms with van der Waals surface area (Å²) in [6.45, 7) is 2.14. The number of anilines is 1. The van der Waals surface area contributed by atoms with E-state index in [-0.39, 0.29) is 11.4 Å². The maximum absolute atomic E-state index is 13.0. The fraction of sp³-hybridized carbons (Fsp3) is 0.462. The van der Waals surface area contributed by atoms with Crippen molar-refractivity contribution in [3.8, 4) is 0 Å². The fourth-order valence-electron chi connectivity index (χ4n) is 2.74. The van der Waals surface area contributed by atoms with Crippen LogP contribution in [0.15, 0.2) is 29.3 Å². The molecule has 1 spiro atoms. The molecule has 0 saturated carbocycles. The van der Waals surface area contributed by atoms with Gasteiger partial charge in [0.2, 0.25) is 0 Å². The highest BCUT2D eigenvalue weighted by Gasteiger charge is 2.44. The Bertz CT molecular complexity index is 466. The number of hydrogen-bond acceptors (Lipinski definition) is 4. The van der Waals surface area contributed by atoms with Crippen LogP contribution in [0.2, 0.25) is 0 Å². The van der Waals surface area contributed by atoms with E-state index in [0.717, 1.165) is 31.7 Å². The molecule has 1 fully saturated rings. The average molecular weight is 249 g/mol. The minimum Gasteiger partial charge on any atom is -0.381 e. The molecule has 0 aliphatic carbocycles. The molecule has 0 unspecified atom stereocenters. The summed E-state index contributed by atoms with van der Waals surface area (Å²) in [6, 6.07) is 6.41. The molecule has 0 bridgehead atoms. The van der Waals surface area contributed by atoms with Crippen molar-refractivity contribution in [2.45, 2.75) is 18.4 Å². The molecular formula is C13H16FN3O. The molecule has 1 aromatic carbocycles. The number of halogens is 1. The fourth-order valence-corrected chi connectivity index (χ4v) is 2.74. The second-order valence-corrected chi connectivity index (χ2v) is 4.82. The van der Waals surface area contributed by atoms with Crippen molar-refractivity contribution in [3.05, 3.63) is 30.1 Å². The highest BCUT2D eigenvalue weighted by molar-refractivity contribution is 5.98. The molecule has 0 amide bonds. The lowest BCUT2D eigenvalue weighted by Crippen LogP contribution is -2.54. The van der Waals surface area contributed by atoms with Crippen molar-refractivity contribution in [2.75, 3.05) is 24.7 Å². The second kappa shape index (κ2) is 4.24. The lowest BCUT2D eigenvalue weighted by Gasteiger charge is -2.41. The largest absolute Gasteiger partial charge is 0.381 e. The molecule has 1 aromatic rings. The van der Waals surface area contributed by atoms with Gasteiger partial charge in [-0.3, -0.25) is 4.99 Å². The first kappa shape index (κ1) is 11.5. The number of guanidine groups is 1. The smallest absolute Gasteiger partial charge is 0.196 e. The van der Waals surface area contributed by atoms with Crippen molar-refractivity contribution < 1.29 is 9.13 Å². The summed E-state index contributed by atoms with van der Waals surface area (Å²) in [5, 5.41) is 0. The van der Waals surface area contributed by atoms with E-state index in [2.05, 4.69) is 4.99 Å². The van der Waals surface area contributed by atoms with Crippen molar-refractivity contribution in [3.63, 3.8) is 0 Å². The lowest BCUT2D eigenvalue weighted by molar-refractivity contribution is 0.0594. The van der Waals surface area contributed by atoms with E-state index in [1.165, 1.54) is 12.1 Å². The van der Waals surface area contributed by atoms with Gasteiger partial charge in [0.25, 0.3) is 0 Å². The number of hydrogen-bond donors (Lipinski definition) is 1. The summed E-state index contributed by atoms with van der Waals surface area (Å²) in [5.41, 5.74) is 6.81. The maximum atomic E-state index is 13.0. The normalized spacial score (nSPS) is 22.3. The van der Waals surface area contributed by atoms with E-state index in [1.54, 1.807) is 12.1 Å². The van der Waals surface area contributed by atoms with E-state index >= 15 is 0 Å². The molecule has 0 radical (unpaired) electrons. The average Bonchev–Trinajstić information content (AvgIpc) is 2.69. The predicted octanol–water partition coefficient (Wildman–Crippen LogP) is 1.51. The summed E-state index contributed by atoms with van der Waals surface area (Å²) < 4.78 is 18.4. The Kier molecular flexibility index (Phi) is 2.70. The molecule has 2 heterocycles. The monoisotopic (exact) mass is 249 g/mol. The van der Waals surface area contributed by atoms with Crippen LogP contribution < -0.4 is 10.6 Å². The van der Waals surface area contributed by atoms with Gasteiger partial charge in [0.1, 0.15) is 5.82 Å². The molecule has 2 N–H and O–H groups in total. The molecule has 2 aliphatic heterocycles. The van der Waals surface area contributed by atoms with Gasteiger partial charge in [-0.15, -0.1) is 0 Å². The van der Waals surface area contributed by atoms with E-state index in [1.807, 2.05) is 4.90 Å². The molecule has 0 aromatic heterocycles. The zero-order valence-electron chi connectivity index (χ0n) is 10.1. The number of ether oxygens (including phenoxy) is 1. The number of benzene rings is 1. The van der Waals surface area contributed by atoms with Crippen LogP contribution in [-0.2, 0) is 4.74 Å². The Balaban J connectivity index is 1.96. The standard InChI is InChI=1S/C13H16FN3O/c14-10-1-3-11(4-2-10)17-12(15)16-9-13(17)5-7-18-8-6-13/h1-4H,5-9H2,(H2,15,16). The van der Waals surface area contributed by atoms with E-state index in [0.29, 0.717) is 12.5 Å². The topological polar surface area (TPSA) is 50.9 Å². The molecule has 1 saturated heterocycles. The van der Waals surface area contributed by atoms with E-state index < -0.39 is 0 Å². The molecule has 96 valence electrons. The van der Waals surface area contributed by atoms with E-state index in [9.17, 15) is 4.39 Å². The van der Waals surface area contributed by atoms with Crippen LogP contribution in [0.5, 0.6) is 0 Å². The zero-order chi connectivity index (χ0) is 12.6. The molecule has 18 heavy (non-hydrogen) atoms. The van der Waals surface area contributed by atoms with Gasteiger partial charge in [0, 0.05) is 18.9 Å². The van der Waals surface area contributed by atoms with Gasteiger partial charge in [0.15, 0.2) is 5.96 Å². The molecule has 5 heteroatoms. The summed E-state index contributed by atoms with van der Waals surface area (Å²) in [4.78, 5) is 6.40. The number of nitrogens with two attached hydrogens (primary N) is 1. The molecule has 4 nitrogen and oxygen atoms in total. The summed E-state index contributed by atoms with van der Waals surface area (Å²) in [7, 11) is 0. The van der Waals surface area contributed by atoms with Gasteiger partial charge in [-0.05, 0) is 37.1 Å². The highest BCUT2D eigenvalue weighted by atomic mass is 19.1. The van der Waals surface area contributed by atoms with Gasteiger partial charge in [0.05, 0.1) is 12.1 Å². The van der Waals surface area contributed by atoms with Crippen molar-refractivity contribution in [2.24, 2.45) is 10.7 Å². The third kappa shape index (κ3) is 1.75. The molecule has 3 rings (SSSR count). The quantitative estimate of drug-likeness (QED) is 0.820. The third-order valence-corrected chi connectivity index (χ3v) is 3.75. The van der Waals surface area contributed by atoms with Crippen molar-refractivity contribution in [1.82, 2.24) is 0 Å². The zero-order valence-corrected chi connectivity index (χ0v) is 10.1. The molecular weight excluding hydrogens is 233 g/mol.